The van der Waals surface area contributed by atoms with E-state index in [-0.39, 0.29) is 20.7 Å². The molecule has 8 heteroatoms. The molecule has 17 heavy (non-hydrogen) atoms. The maximum atomic E-state index is 11.7. The van der Waals surface area contributed by atoms with Gasteiger partial charge >= 0.3 is 5.97 Å². The summed E-state index contributed by atoms with van der Waals surface area (Å²) in [6.45, 7) is 4.80. The first-order chi connectivity index (χ1) is 7.74. The number of aryl methyl sites for hydroxylation is 1. The second-order valence-corrected chi connectivity index (χ2v) is 6.81. The number of carbonyl (C=O) groups is 1. The van der Waals surface area contributed by atoms with E-state index in [1.807, 2.05) is 0 Å². The summed E-state index contributed by atoms with van der Waals surface area (Å²) in [5.41, 5.74) is 0.410. The fourth-order valence-electron chi connectivity index (χ4n) is 1.04. The predicted molar refractivity (Wildman–Crippen MR) is 66.2 cm³/mol. The zero-order valence-electron chi connectivity index (χ0n) is 8.86. The zero-order chi connectivity index (χ0) is 13.2. The number of rotatable bonds is 5. The van der Waals surface area contributed by atoms with Gasteiger partial charge in [-0.25, -0.2) is 17.9 Å². The van der Waals surface area contributed by atoms with Gasteiger partial charge in [0.25, 0.3) is 0 Å². The highest BCUT2D eigenvalue weighted by Gasteiger charge is 2.21. The third-order valence-corrected chi connectivity index (χ3v) is 5.04. The van der Waals surface area contributed by atoms with Gasteiger partial charge in [-0.3, -0.25) is 0 Å². The Balaban J connectivity index is 3.04. The van der Waals surface area contributed by atoms with Gasteiger partial charge in [0.15, 0.2) is 0 Å². The van der Waals surface area contributed by atoms with Gasteiger partial charge in [-0.15, -0.1) is 11.3 Å². The molecule has 0 bridgehead atoms. The van der Waals surface area contributed by atoms with Crippen molar-refractivity contribution in [1.29, 1.82) is 0 Å². The molecule has 0 aliphatic rings. The molecule has 1 aromatic heterocycles. The molecule has 94 valence electrons. The summed E-state index contributed by atoms with van der Waals surface area (Å²) < 4.78 is 25.6. The van der Waals surface area contributed by atoms with Gasteiger partial charge in [0.05, 0.1) is 0 Å². The lowest BCUT2D eigenvalue weighted by atomic mass is 10.3. The topological polar surface area (TPSA) is 83.5 Å². The van der Waals surface area contributed by atoms with Gasteiger partial charge in [-0.2, -0.15) is 0 Å². The first kappa shape index (κ1) is 14.2. The van der Waals surface area contributed by atoms with E-state index < -0.39 is 16.0 Å². The van der Waals surface area contributed by atoms with E-state index in [1.54, 1.807) is 6.92 Å². The largest absolute Gasteiger partial charge is 0.477 e. The van der Waals surface area contributed by atoms with Crippen LogP contribution in [0.5, 0.6) is 0 Å². The first-order valence-corrected chi connectivity index (χ1v) is 7.08. The summed E-state index contributed by atoms with van der Waals surface area (Å²) in [4.78, 5) is 10.8. The molecule has 1 heterocycles. The summed E-state index contributed by atoms with van der Waals surface area (Å²) in [5.74, 6) is -1.14. The van der Waals surface area contributed by atoms with Crippen LogP contribution in [0.1, 0.15) is 15.2 Å². The number of aromatic carboxylic acids is 1. The van der Waals surface area contributed by atoms with Crippen molar-refractivity contribution < 1.29 is 18.3 Å². The van der Waals surface area contributed by atoms with Crippen molar-refractivity contribution in [3.05, 3.63) is 28.1 Å². The number of nitrogens with one attached hydrogen (secondary N) is 1. The maximum Gasteiger partial charge on any atom is 0.346 e. The number of hydrogen-bond donors (Lipinski definition) is 2. The average Bonchev–Trinajstić information content (AvgIpc) is 2.58. The number of hydrogen-bond acceptors (Lipinski definition) is 4. The van der Waals surface area contributed by atoms with Crippen molar-refractivity contribution in [2.24, 2.45) is 0 Å². The van der Waals surface area contributed by atoms with Gasteiger partial charge in [0.1, 0.15) is 9.09 Å². The molecule has 0 spiro atoms. The van der Waals surface area contributed by atoms with Crippen LogP contribution in [0.2, 0.25) is 0 Å². The standard InChI is InChI=1S/C9H10ClNO4S2/c1-5-3-7(16-8(5)9(12)13)17(14,15)11-4-6(2)10/h3,11H,2,4H2,1H3,(H,12,13). The first-order valence-electron chi connectivity index (χ1n) is 4.40. The van der Waals surface area contributed by atoms with Crippen LogP contribution in [0.25, 0.3) is 0 Å². The molecule has 0 fully saturated rings. The molecule has 0 saturated heterocycles. The van der Waals surface area contributed by atoms with E-state index in [1.165, 1.54) is 6.07 Å². The fourth-order valence-corrected chi connectivity index (χ4v) is 3.64. The Labute approximate surface area is 108 Å². The van der Waals surface area contributed by atoms with Crippen molar-refractivity contribution in [3.8, 4) is 0 Å². The van der Waals surface area contributed by atoms with Crippen molar-refractivity contribution in [1.82, 2.24) is 4.72 Å². The third kappa shape index (κ3) is 3.53. The highest BCUT2D eigenvalue weighted by Crippen LogP contribution is 2.25. The molecule has 5 nitrogen and oxygen atoms in total. The van der Waals surface area contributed by atoms with E-state index in [4.69, 9.17) is 16.7 Å². The van der Waals surface area contributed by atoms with E-state index in [9.17, 15) is 13.2 Å². The molecule has 1 aromatic rings. The van der Waals surface area contributed by atoms with Gasteiger partial charge in [-0.05, 0) is 18.6 Å². The number of thiophene rings is 1. The van der Waals surface area contributed by atoms with Crippen LogP contribution in [0.4, 0.5) is 0 Å². The third-order valence-electron chi connectivity index (χ3n) is 1.81. The SMILES string of the molecule is C=C(Cl)CNS(=O)(=O)c1cc(C)c(C(=O)O)s1. The van der Waals surface area contributed by atoms with Crippen LogP contribution in [-0.2, 0) is 10.0 Å². The molecule has 0 aromatic carbocycles. The molecular formula is C9H10ClNO4S2. The Morgan fingerprint density at radius 3 is 2.65 bits per heavy atom. The maximum absolute atomic E-state index is 11.7. The van der Waals surface area contributed by atoms with Crippen LogP contribution < -0.4 is 4.72 Å². The Bertz CT molecular complexity index is 562. The van der Waals surface area contributed by atoms with E-state index in [2.05, 4.69) is 11.3 Å². The molecule has 1 rings (SSSR count). The van der Waals surface area contributed by atoms with Crippen molar-refractivity contribution in [2.75, 3.05) is 6.54 Å². The lowest BCUT2D eigenvalue weighted by Gasteiger charge is -2.02. The molecule has 0 aliphatic heterocycles. The number of carboxylic acids is 1. The normalized spacial score (nSPS) is 11.4. The van der Waals surface area contributed by atoms with Crippen LogP contribution >= 0.6 is 22.9 Å². The molecular weight excluding hydrogens is 286 g/mol. The van der Waals surface area contributed by atoms with Crippen LogP contribution in [-0.4, -0.2) is 26.0 Å². The minimum atomic E-state index is -3.73. The summed E-state index contributed by atoms with van der Waals surface area (Å²) >= 11 is 6.15. The smallest absolute Gasteiger partial charge is 0.346 e. The zero-order valence-corrected chi connectivity index (χ0v) is 11.2. The Kier molecular flexibility index (Phi) is 4.31. The van der Waals surface area contributed by atoms with Gasteiger partial charge in [0, 0.05) is 11.6 Å². The molecule has 0 saturated carbocycles. The Morgan fingerprint density at radius 1 is 1.65 bits per heavy atom. The molecule has 0 radical (unpaired) electrons. The summed E-state index contributed by atoms with van der Waals surface area (Å²) in [6, 6.07) is 1.31. The minimum absolute atomic E-state index is 0.00933. The highest BCUT2D eigenvalue weighted by atomic mass is 35.5. The summed E-state index contributed by atoms with van der Waals surface area (Å²) in [6.07, 6.45) is 0. The lowest BCUT2D eigenvalue weighted by molar-refractivity contribution is 0.0701. The Morgan fingerprint density at radius 2 is 2.24 bits per heavy atom. The summed E-state index contributed by atoms with van der Waals surface area (Å²) in [7, 11) is -3.73. The monoisotopic (exact) mass is 295 g/mol. The van der Waals surface area contributed by atoms with Crippen LogP contribution in [0, 0.1) is 6.92 Å². The van der Waals surface area contributed by atoms with E-state index in [0.29, 0.717) is 16.9 Å². The lowest BCUT2D eigenvalue weighted by Crippen LogP contribution is -2.23. The molecule has 0 atom stereocenters. The van der Waals surface area contributed by atoms with Crippen molar-refractivity contribution in [3.63, 3.8) is 0 Å². The van der Waals surface area contributed by atoms with Crippen LogP contribution in [0.3, 0.4) is 0 Å². The highest BCUT2D eigenvalue weighted by molar-refractivity contribution is 7.91. The number of sulfonamides is 1. The molecule has 0 aliphatic carbocycles. The average molecular weight is 296 g/mol. The number of carboxylic acid groups (broad SMARTS) is 1. The van der Waals surface area contributed by atoms with E-state index in [0.717, 1.165) is 0 Å². The van der Waals surface area contributed by atoms with Crippen molar-refractivity contribution >= 4 is 38.9 Å². The van der Waals surface area contributed by atoms with Gasteiger partial charge in [-0.1, -0.05) is 18.2 Å². The minimum Gasteiger partial charge on any atom is -0.477 e. The molecule has 0 unspecified atom stereocenters. The molecule has 0 amide bonds. The summed E-state index contributed by atoms with van der Waals surface area (Å²) in [5, 5.41) is 8.98. The van der Waals surface area contributed by atoms with Crippen molar-refractivity contribution in [2.45, 2.75) is 11.1 Å². The predicted octanol–water partition coefficient (Wildman–Crippen LogP) is 1.79. The Hall–Kier alpha value is -0.890. The van der Waals surface area contributed by atoms with Gasteiger partial charge < -0.3 is 5.11 Å². The van der Waals surface area contributed by atoms with Crippen LogP contribution in [0.15, 0.2) is 21.9 Å². The van der Waals surface area contributed by atoms with Gasteiger partial charge in [0.2, 0.25) is 10.0 Å². The second kappa shape index (κ2) is 5.18. The second-order valence-electron chi connectivity index (χ2n) is 3.22. The fraction of sp³-hybridized carbons (Fsp3) is 0.222. The quantitative estimate of drug-likeness (QED) is 0.867. The number of halogens is 1. The van der Waals surface area contributed by atoms with E-state index >= 15 is 0 Å². The molecule has 2 N–H and O–H groups in total.